The van der Waals surface area contributed by atoms with E-state index in [2.05, 4.69) is 20.8 Å². The van der Waals surface area contributed by atoms with Crippen molar-refractivity contribution in [2.75, 3.05) is 13.2 Å². The van der Waals surface area contributed by atoms with Crippen LogP contribution in [0.15, 0.2) is 0 Å². The Hall–Kier alpha value is -1.59. The standard InChI is InChI=1S/C52H100O6/c1-4-7-10-13-15-16-17-18-19-20-21-22-23-24-25-26-27-28-29-30-31-32-33-34-35-36-37-40-42-45-51(54)57-48-49(47-56-50(53)44-41-38-12-9-6-3)58-52(55)46-43-39-14-11-8-5-2/h49H,4-48H2,1-3H3. The first-order chi connectivity index (χ1) is 28.5. The van der Waals surface area contributed by atoms with Crippen molar-refractivity contribution in [1.82, 2.24) is 0 Å². The number of carbonyl (C=O) groups excluding carboxylic acids is 3. The van der Waals surface area contributed by atoms with E-state index in [1.807, 2.05) is 0 Å². The molecule has 0 bridgehead atoms. The fraction of sp³-hybridized carbons (Fsp3) is 0.942. The molecule has 0 aromatic rings. The fourth-order valence-corrected chi connectivity index (χ4v) is 7.92. The van der Waals surface area contributed by atoms with Crippen LogP contribution in [0, 0.1) is 0 Å². The van der Waals surface area contributed by atoms with E-state index in [-0.39, 0.29) is 31.1 Å². The van der Waals surface area contributed by atoms with Gasteiger partial charge in [0.25, 0.3) is 0 Å². The first-order valence-corrected chi connectivity index (χ1v) is 26.0. The molecule has 0 spiro atoms. The van der Waals surface area contributed by atoms with Crippen LogP contribution in [-0.4, -0.2) is 37.2 Å². The Morgan fingerprint density at radius 1 is 0.276 bits per heavy atom. The third-order valence-corrected chi connectivity index (χ3v) is 11.9. The van der Waals surface area contributed by atoms with Gasteiger partial charge in [-0.05, 0) is 19.3 Å². The predicted molar refractivity (Wildman–Crippen MR) is 247 cm³/mol. The molecule has 0 aromatic heterocycles. The molecule has 0 aliphatic carbocycles. The topological polar surface area (TPSA) is 78.9 Å². The third kappa shape index (κ3) is 45.5. The summed E-state index contributed by atoms with van der Waals surface area (Å²) >= 11 is 0. The zero-order valence-electron chi connectivity index (χ0n) is 39.3. The minimum atomic E-state index is -0.755. The molecule has 0 radical (unpaired) electrons. The minimum Gasteiger partial charge on any atom is -0.462 e. The molecule has 0 amide bonds. The summed E-state index contributed by atoms with van der Waals surface area (Å²) in [6, 6.07) is 0. The second-order valence-corrected chi connectivity index (χ2v) is 17.8. The van der Waals surface area contributed by atoms with Crippen LogP contribution in [-0.2, 0) is 28.6 Å². The number of rotatable bonds is 48. The van der Waals surface area contributed by atoms with Gasteiger partial charge in [-0.15, -0.1) is 0 Å². The van der Waals surface area contributed by atoms with Gasteiger partial charge in [0.15, 0.2) is 6.10 Å². The Labute approximate surface area is 361 Å². The summed E-state index contributed by atoms with van der Waals surface area (Å²) in [5, 5.41) is 0. The van der Waals surface area contributed by atoms with Gasteiger partial charge in [-0.25, -0.2) is 0 Å². The average Bonchev–Trinajstić information content (AvgIpc) is 3.22. The van der Waals surface area contributed by atoms with Crippen molar-refractivity contribution >= 4 is 17.9 Å². The summed E-state index contributed by atoms with van der Waals surface area (Å²) < 4.78 is 16.5. The molecule has 0 aromatic carbocycles. The molecule has 58 heavy (non-hydrogen) atoms. The maximum atomic E-state index is 12.5. The minimum absolute atomic E-state index is 0.0651. The second kappa shape index (κ2) is 48.1. The summed E-state index contributed by atoms with van der Waals surface area (Å²) in [7, 11) is 0. The molecule has 0 aliphatic rings. The van der Waals surface area contributed by atoms with Gasteiger partial charge in [0.05, 0.1) is 0 Å². The lowest BCUT2D eigenvalue weighted by molar-refractivity contribution is -0.167. The number of ether oxygens (including phenoxy) is 3. The number of esters is 3. The van der Waals surface area contributed by atoms with Crippen molar-refractivity contribution in [2.24, 2.45) is 0 Å². The van der Waals surface area contributed by atoms with E-state index in [9.17, 15) is 14.4 Å². The highest BCUT2D eigenvalue weighted by atomic mass is 16.6. The molecular formula is C52H100O6. The van der Waals surface area contributed by atoms with Gasteiger partial charge < -0.3 is 14.2 Å². The monoisotopic (exact) mass is 821 g/mol. The largest absolute Gasteiger partial charge is 0.462 e. The maximum Gasteiger partial charge on any atom is 0.306 e. The molecule has 0 aliphatic heterocycles. The van der Waals surface area contributed by atoms with Crippen LogP contribution in [0.1, 0.15) is 297 Å². The SMILES string of the molecule is CCCCCCCCCCCCCCCCCCCCCCCCCCCCCCCC(=O)OCC(COC(=O)CCCCCCC)OC(=O)CCCCCCCC. The number of unbranched alkanes of at least 4 members (excludes halogenated alkanes) is 37. The lowest BCUT2D eigenvalue weighted by atomic mass is 10.0. The molecule has 344 valence electrons. The summed E-state index contributed by atoms with van der Waals surface area (Å²) in [6.07, 6.45) is 51.9. The van der Waals surface area contributed by atoms with Crippen molar-refractivity contribution in [3.63, 3.8) is 0 Å². The van der Waals surface area contributed by atoms with E-state index in [1.165, 1.54) is 193 Å². The van der Waals surface area contributed by atoms with Gasteiger partial charge in [0.2, 0.25) is 0 Å². The van der Waals surface area contributed by atoms with Crippen LogP contribution in [0.2, 0.25) is 0 Å². The smallest absolute Gasteiger partial charge is 0.306 e. The molecular weight excluding hydrogens is 721 g/mol. The van der Waals surface area contributed by atoms with Gasteiger partial charge in [-0.1, -0.05) is 258 Å². The molecule has 1 atom stereocenters. The quantitative estimate of drug-likeness (QED) is 0.0346. The molecule has 0 fully saturated rings. The van der Waals surface area contributed by atoms with E-state index in [1.54, 1.807) is 0 Å². The van der Waals surface area contributed by atoms with Crippen molar-refractivity contribution < 1.29 is 28.6 Å². The zero-order chi connectivity index (χ0) is 42.3. The van der Waals surface area contributed by atoms with Crippen molar-refractivity contribution in [3.8, 4) is 0 Å². The normalized spacial score (nSPS) is 11.8. The lowest BCUT2D eigenvalue weighted by Gasteiger charge is -2.18. The number of carbonyl (C=O) groups is 3. The van der Waals surface area contributed by atoms with Crippen LogP contribution < -0.4 is 0 Å². The van der Waals surface area contributed by atoms with Gasteiger partial charge in [-0.3, -0.25) is 14.4 Å². The second-order valence-electron chi connectivity index (χ2n) is 17.8. The number of hydrogen-bond donors (Lipinski definition) is 0. The lowest BCUT2D eigenvalue weighted by Crippen LogP contribution is -2.30. The van der Waals surface area contributed by atoms with E-state index >= 15 is 0 Å². The highest BCUT2D eigenvalue weighted by molar-refractivity contribution is 5.71. The Kier molecular flexibility index (Phi) is 46.8. The van der Waals surface area contributed by atoms with Gasteiger partial charge in [-0.2, -0.15) is 0 Å². The summed E-state index contributed by atoms with van der Waals surface area (Å²) in [5.41, 5.74) is 0. The Bertz CT molecular complexity index is 859. The summed E-state index contributed by atoms with van der Waals surface area (Å²) in [6.45, 7) is 6.52. The summed E-state index contributed by atoms with van der Waals surface area (Å²) in [5.74, 6) is -0.877. The predicted octanol–water partition coefficient (Wildman–Crippen LogP) is 16.8. The Morgan fingerprint density at radius 2 is 0.466 bits per heavy atom. The van der Waals surface area contributed by atoms with Crippen LogP contribution >= 0.6 is 0 Å². The third-order valence-electron chi connectivity index (χ3n) is 11.9. The van der Waals surface area contributed by atoms with Crippen LogP contribution in [0.25, 0.3) is 0 Å². The van der Waals surface area contributed by atoms with Crippen LogP contribution in [0.5, 0.6) is 0 Å². The van der Waals surface area contributed by atoms with E-state index in [4.69, 9.17) is 14.2 Å². The zero-order valence-corrected chi connectivity index (χ0v) is 39.3. The Balaban J connectivity index is 3.75. The van der Waals surface area contributed by atoms with E-state index in [0.717, 1.165) is 64.2 Å². The molecule has 1 unspecified atom stereocenters. The highest BCUT2D eigenvalue weighted by Gasteiger charge is 2.19. The van der Waals surface area contributed by atoms with Crippen LogP contribution in [0.3, 0.4) is 0 Å². The Morgan fingerprint density at radius 3 is 0.690 bits per heavy atom. The van der Waals surface area contributed by atoms with E-state index < -0.39 is 6.10 Å². The first kappa shape index (κ1) is 56.4. The average molecular weight is 821 g/mol. The number of hydrogen-bond acceptors (Lipinski definition) is 6. The molecule has 6 nitrogen and oxygen atoms in total. The molecule has 0 heterocycles. The molecule has 0 N–H and O–H groups in total. The van der Waals surface area contributed by atoms with Crippen LogP contribution in [0.4, 0.5) is 0 Å². The molecule has 0 rings (SSSR count). The fourth-order valence-electron chi connectivity index (χ4n) is 7.92. The molecule has 0 saturated heterocycles. The van der Waals surface area contributed by atoms with Crippen molar-refractivity contribution in [1.29, 1.82) is 0 Å². The van der Waals surface area contributed by atoms with Crippen molar-refractivity contribution in [2.45, 2.75) is 303 Å². The molecule has 6 heteroatoms. The first-order valence-electron chi connectivity index (χ1n) is 26.0. The van der Waals surface area contributed by atoms with Gasteiger partial charge in [0.1, 0.15) is 13.2 Å². The van der Waals surface area contributed by atoms with Gasteiger partial charge >= 0.3 is 17.9 Å². The summed E-state index contributed by atoms with van der Waals surface area (Å²) in [4.78, 5) is 37.3. The highest BCUT2D eigenvalue weighted by Crippen LogP contribution is 2.17. The molecule has 0 saturated carbocycles. The maximum absolute atomic E-state index is 12.5. The van der Waals surface area contributed by atoms with Crippen molar-refractivity contribution in [3.05, 3.63) is 0 Å². The van der Waals surface area contributed by atoms with Gasteiger partial charge in [0, 0.05) is 19.3 Å². The van der Waals surface area contributed by atoms with E-state index in [0.29, 0.717) is 19.3 Å².